The SMILES string of the molecule is c1ccc(-n2c3ccccc3c3cc(-c4ccc(N(c5ccc(-c6cccc7c6-c6ccccc6C76c7ccccc7-c7ccccc76)cc5)c5ccccc5-c5cccc6c5oc5ccccc56)cc4)ccc32)cc1. The molecule has 12 aromatic carbocycles. The average molecular weight is 967 g/mol. The molecule has 0 aliphatic heterocycles. The zero-order valence-electron chi connectivity index (χ0n) is 41.4. The van der Waals surface area contributed by atoms with Crippen molar-refractivity contribution in [3.63, 3.8) is 0 Å². The number of furan rings is 1. The van der Waals surface area contributed by atoms with E-state index in [2.05, 4.69) is 282 Å². The van der Waals surface area contributed by atoms with Gasteiger partial charge in [-0.05, 0) is 133 Å². The maximum absolute atomic E-state index is 6.71. The zero-order chi connectivity index (χ0) is 49.9. The second kappa shape index (κ2) is 16.5. The lowest BCUT2D eigenvalue weighted by Crippen LogP contribution is -2.25. The molecule has 354 valence electrons. The summed E-state index contributed by atoms with van der Waals surface area (Å²) >= 11 is 0. The number of benzene rings is 12. The molecule has 0 fully saturated rings. The molecule has 1 spiro atoms. The normalized spacial score (nSPS) is 12.8. The Morgan fingerprint density at radius 2 is 0.829 bits per heavy atom. The number of fused-ring (bicyclic) bond motifs is 16. The maximum Gasteiger partial charge on any atom is 0.143 e. The Hall–Kier alpha value is -9.96. The number of hydrogen-bond acceptors (Lipinski definition) is 2. The molecule has 76 heavy (non-hydrogen) atoms. The summed E-state index contributed by atoms with van der Waals surface area (Å²) in [5.41, 5.74) is 25.5. The molecule has 0 saturated carbocycles. The minimum atomic E-state index is -0.406. The molecule has 0 N–H and O–H groups in total. The molecule has 0 bridgehead atoms. The Kier molecular flexibility index (Phi) is 9.25. The van der Waals surface area contributed by atoms with Crippen molar-refractivity contribution in [2.75, 3.05) is 4.90 Å². The minimum Gasteiger partial charge on any atom is -0.455 e. The highest BCUT2D eigenvalue weighted by molar-refractivity contribution is 6.12. The second-order valence-electron chi connectivity index (χ2n) is 20.3. The highest BCUT2D eigenvalue weighted by Gasteiger charge is 2.52. The van der Waals surface area contributed by atoms with Gasteiger partial charge in [-0.2, -0.15) is 0 Å². The van der Waals surface area contributed by atoms with Crippen LogP contribution in [0.25, 0.3) is 105 Å². The Balaban J connectivity index is 0.846. The predicted molar refractivity (Wildman–Crippen MR) is 315 cm³/mol. The first-order valence-electron chi connectivity index (χ1n) is 26.2. The van der Waals surface area contributed by atoms with Gasteiger partial charge in [0.1, 0.15) is 11.2 Å². The second-order valence-corrected chi connectivity index (χ2v) is 20.3. The first-order chi connectivity index (χ1) is 37.7. The van der Waals surface area contributed by atoms with Crippen LogP contribution in [-0.4, -0.2) is 4.57 Å². The van der Waals surface area contributed by atoms with Crippen molar-refractivity contribution in [2.45, 2.75) is 5.41 Å². The van der Waals surface area contributed by atoms with E-state index in [-0.39, 0.29) is 0 Å². The molecule has 16 rings (SSSR count). The smallest absolute Gasteiger partial charge is 0.143 e. The topological polar surface area (TPSA) is 21.3 Å². The molecule has 2 aromatic heterocycles. The van der Waals surface area contributed by atoms with Crippen LogP contribution in [0.3, 0.4) is 0 Å². The van der Waals surface area contributed by atoms with Crippen LogP contribution < -0.4 is 4.90 Å². The van der Waals surface area contributed by atoms with Crippen LogP contribution >= 0.6 is 0 Å². The van der Waals surface area contributed by atoms with Gasteiger partial charge in [-0.15, -0.1) is 0 Å². The molecule has 2 aliphatic carbocycles. The predicted octanol–water partition coefficient (Wildman–Crippen LogP) is 19.5. The Bertz CT molecular complexity index is 4590. The third kappa shape index (κ3) is 6.05. The summed E-state index contributed by atoms with van der Waals surface area (Å²) in [4.78, 5) is 2.41. The van der Waals surface area contributed by atoms with E-state index in [1.165, 1.54) is 83.0 Å². The molecule has 0 amide bonds. The van der Waals surface area contributed by atoms with Gasteiger partial charge in [0.25, 0.3) is 0 Å². The minimum absolute atomic E-state index is 0.406. The van der Waals surface area contributed by atoms with E-state index in [1.54, 1.807) is 0 Å². The quantitative estimate of drug-likeness (QED) is 0.159. The van der Waals surface area contributed by atoms with Gasteiger partial charge in [0.2, 0.25) is 0 Å². The maximum atomic E-state index is 6.71. The first-order valence-corrected chi connectivity index (χ1v) is 26.2. The molecular formula is C73H46N2O. The number of para-hydroxylation sites is 5. The number of anilines is 3. The Morgan fingerprint density at radius 1 is 0.316 bits per heavy atom. The van der Waals surface area contributed by atoms with E-state index in [4.69, 9.17) is 4.42 Å². The van der Waals surface area contributed by atoms with Crippen molar-refractivity contribution in [1.82, 2.24) is 4.57 Å². The van der Waals surface area contributed by atoms with Gasteiger partial charge in [0.15, 0.2) is 0 Å². The van der Waals surface area contributed by atoms with Crippen LogP contribution in [0.5, 0.6) is 0 Å². The Morgan fingerprint density at radius 3 is 1.58 bits per heavy atom. The van der Waals surface area contributed by atoms with E-state index >= 15 is 0 Å². The molecule has 0 radical (unpaired) electrons. The summed E-state index contributed by atoms with van der Waals surface area (Å²) in [5.74, 6) is 0. The van der Waals surface area contributed by atoms with Crippen molar-refractivity contribution < 1.29 is 4.42 Å². The summed E-state index contributed by atoms with van der Waals surface area (Å²) in [6, 6.07) is 102. The summed E-state index contributed by atoms with van der Waals surface area (Å²) in [7, 11) is 0. The van der Waals surface area contributed by atoms with E-state index in [9.17, 15) is 0 Å². The fourth-order valence-electron chi connectivity index (χ4n) is 13.3. The summed E-state index contributed by atoms with van der Waals surface area (Å²) in [6.07, 6.45) is 0. The molecule has 0 saturated heterocycles. The van der Waals surface area contributed by atoms with Crippen molar-refractivity contribution in [1.29, 1.82) is 0 Å². The highest BCUT2D eigenvalue weighted by atomic mass is 16.3. The largest absolute Gasteiger partial charge is 0.455 e. The monoisotopic (exact) mass is 966 g/mol. The molecular weight excluding hydrogens is 921 g/mol. The van der Waals surface area contributed by atoms with Crippen LogP contribution in [-0.2, 0) is 5.41 Å². The van der Waals surface area contributed by atoms with Crippen molar-refractivity contribution in [3.8, 4) is 61.3 Å². The molecule has 3 heteroatoms. The lowest BCUT2D eigenvalue weighted by molar-refractivity contribution is 0.670. The van der Waals surface area contributed by atoms with E-state index < -0.39 is 5.41 Å². The van der Waals surface area contributed by atoms with E-state index in [0.29, 0.717) is 0 Å². The van der Waals surface area contributed by atoms with E-state index in [1.807, 2.05) is 6.07 Å². The lowest BCUT2D eigenvalue weighted by atomic mass is 9.70. The number of nitrogens with zero attached hydrogens (tertiary/aromatic N) is 2. The van der Waals surface area contributed by atoms with Gasteiger partial charge < -0.3 is 13.9 Å². The average Bonchev–Trinajstić information content (AvgIpc) is 4.23. The summed E-state index contributed by atoms with van der Waals surface area (Å²) < 4.78 is 9.09. The molecule has 2 aliphatic rings. The van der Waals surface area contributed by atoms with E-state index in [0.717, 1.165) is 61.4 Å². The first kappa shape index (κ1) is 42.5. The van der Waals surface area contributed by atoms with Gasteiger partial charge in [-0.3, -0.25) is 0 Å². The summed E-state index contributed by atoms with van der Waals surface area (Å²) in [6.45, 7) is 0. The number of hydrogen-bond donors (Lipinski definition) is 0. The standard InChI is InChI=1S/C73H46N2O/c1-2-18-50(19-3-1)75-68-34-14-8-23-57(68)62-46-49(40-45-69(62)75)47-36-41-51(42-37-47)74(67-33-13-7-22-56(67)59-27-16-28-60-58-24-9-15-35-70(58)76-72(59)60)52-43-38-48(39-44-52)53-26-17-32-66-71(53)61-25-6-12-31-65(61)73(66)63-29-10-4-20-54(63)55-21-5-11-30-64(55)73/h1-46H. The van der Waals surface area contributed by atoms with Crippen LogP contribution in [0.4, 0.5) is 17.1 Å². The molecule has 0 atom stereocenters. The number of aromatic nitrogens is 1. The molecule has 0 unspecified atom stereocenters. The summed E-state index contributed by atoms with van der Waals surface area (Å²) in [5, 5.41) is 4.70. The number of rotatable bonds is 7. The fourth-order valence-corrected chi connectivity index (χ4v) is 13.3. The van der Waals surface area contributed by atoms with Crippen LogP contribution in [0.2, 0.25) is 0 Å². The van der Waals surface area contributed by atoms with Crippen molar-refractivity contribution in [2.24, 2.45) is 0 Å². The third-order valence-corrected chi connectivity index (χ3v) is 16.4. The van der Waals surface area contributed by atoms with Crippen molar-refractivity contribution >= 4 is 60.8 Å². The third-order valence-electron chi connectivity index (χ3n) is 16.4. The van der Waals surface area contributed by atoms with Crippen molar-refractivity contribution in [3.05, 3.63) is 301 Å². The van der Waals surface area contributed by atoms with Gasteiger partial charge >= 0.3 is 0 Å². The van der Waals surface area contributed by atoms with Crippen LogP contribution in [0, 0.1) is 0 Å². The zero-order valence-corrected chi connectivity index (χ0v) is 41.4. The Labute approximate surface area is 440 Å². The van der Waals surface area contributed by atoms with Gasteiger partial charge in [0, 0.05) is 49.7 Å². The fraction of sp³-hybridized carbons (Fsp3) is 0.0137. The van der Waals surface area contributed by atoms with Gasteiger partial charge in [-0.25, -0.2) is 0 Å². The molecule has 2 heterocycles. The molecule has 14 aromatic rings. The van der Waals surface area contributed by atoms with Crippen LogP contribution in [0.1, 0.15) is 22.3 Å². The van der Waals surface area contributed by atoms with Gasteiger partial charge in [0.05, 0.1) is 22.1 Å². The lowest BCUT2D eigenvalue weighted by Gasteiger charge is -2.30. The highest BCUT2D eigenvalue weighted by Crippen LogP contribution is 2.64. The van der Waals surface area contributed by atoms with Crippen LogP contribution in [0.15, 0.2) is 283 Å². The van der Waals surface area contributed by atoms with Gasteiger partial charge in [-0.1, -0.05) is 212 Å². The molecule has 3 nitrogen and oxygen atoms in total.